The van der Waals surface area contributed by atoms with E-state index in [1.807, 2.05) is 12.1 Å². The lowest BCUT2D eigenvalue weighted by atomic mass is 9.99. The summed E-state index contributed by atoms with van der Waals surface area (Å²) < 4.78 is 4.52. The molecule has 0 fully saturated rings. The summed E-state index contributed by atoms with van der Waals surface area (Å²) in [7, 11) is 0. The zero-order chi connectivity index (χ0) is 27.6. The molecular formula is C38H24N4. The Kier molecular flexibility index (Phi) is 4.87. The van der Waals surface area contributed by atoms with Crippen LogP contribution in [0.15, 0.2) is 146 Å². The Hall–Kier alpha value is -5.74. The number of rotatable bonds is 3. The molecule has 4 nitrogen and oxygen atoms in total. The van der Waals surface area contributed by atoms with E-state index in [0.29, 0.717) is 0 Å². The van der Waals surface area contributed by atoms with Gasteiger partial charge in [-0.05, 0) is 58.7 Å². The molecule has 0 saturated carbocycles. The summed E-state index contributed by atoms with van der Waals surface area (Å²) in [6.07, 6.45) is 0. The predicted molar refractivity (Wildman–Crippen MR) is 173 cm³/mol. The monoisotopic (exact) mass is 536 g/mol. The maximum Gasteiger partial charge on any atom is 0.221 e. The molecule has 0 aliphatic heterocycles. The lowest BCUT2D eigenvalue weighted by molar-refractivity contribution is 0.979. The SMILES string of the molecule is c1ccc(-c2ccc(-c3ccc4c5ccccc5n(-c5nc6ccccc6c6nc7ccccc7n56)c4c3)cc2)cc1. The Morgan fingerprint density at radius 1 is 0.381 bits per heavy atom. The summed E-state index contributed by atoms with van der Waals surface area (Å²) in [6, 6.07) is 51.3. The Morgan fingerprint density at radius 3 is 1.76 bits per heavy atom. The van der Waals surface area contributed by atoms with Crippen molar-refractivity contribution in [2.45, 2.75) is 0 Å². The van der Waals surface area contributed by atoms with E-state index in [2.05, 4.69) is 142 Å². The summed E-state index contributed by atoms with van der Waals surface area (Å²) in [5.74, 6) is 0.833. The van der Waals surface area contributed by atoms with E-state index in [1.54, 1.807) is 0 Å². The van der Waals surface area contributed by atoms with E-state index < -0.39 is 0 Å². The van der Waals surface area contributed by atoms with Gasteiger partial charge in [-0.3, -0.25) is 8.97 Å². The molecule has 9 aromatic rings. The maximum atomic E-state index is 5.30. The summed E-state index contributed by atoms with van der Waals surface area (Å²) in [6.45, 7) is 0. The van der Waals surface area contributed by atoms with E-state index in [0.717, 1.165) is 44.6 Å². The van der Waals surface area contributed by atoms with Crippen LogP contribution in [0.4, 0.5) is 0 Å². The standard InChI is InChI=1S/C38H24N4/c1-2-10-25(11-3-1)26-18-20-27(21-19-26)28-22-23-30-29-12-5-8-16-34(29)41(36(30)24-28)38-40-32-14-6-4-13-31(32)37-39-33-15-7-9-17-35(33)42(37)38/h1-24H. The lowest BCUT2D eigenvalue weighted by Gasteiger charge is -2.13. The Bertz CT molecular complexity index is 2450. The zero-order valence-corrected chi connectivity index (χ0v) is 22.6. The van der Waals surface area contributed by atoms with Crippen LogP contribution < -0.4 is 0 Å². The van der Waals surface area contributed by atoms with Gasteiger partial charge in [-0.2, -0.15) is 0 Å². The van der Waals surface area contributed by atoms with Gasteiger partial charge in [0.2, 0.25) is 5.95 Å². The molecule has 42 heavy (non-hydrogen) atoms. The van der Waals surface area contributed by atoms with Crippen LogP contribution in [0.5, 0.6) is 0 Å². The largest absolute Gasteiger partial charge is 0.279 e. The molecule has 0 unspecified atom stereocenters. The van der Waals surface area contributed by atoms with E-state index in [9.17, 15) is 0 Å². The predicted octanol–water partition coefficient (Wildman–Crippen LogP) is 9.47. The molecule has 3 aromatic heterocycles. The third-order valence-corrected chi connectivity index (χ3v) is 8.33. The topological polar surface area (TPSA) is 35.1 Å². The summed E-state index contributed by atoms with van der Waals surface area (Å²) >= 11 is 0. The lowest BCUT2D eigenvalue weighted by Crippen LogP contribution is -2.06. The Morgan fingerprint density at radius 2 is 0.952 bits per heavy atom. The second-order valence-corrected chi connectivity index (χ2v) is 10.7. The number of benzene rings is 6. The fourth-order valence-electron chi connectivity index (χ4n) is 6.33. The van der Waals surface area contributed by atoms with Crippen LogP contribution in [0.3, 0.4) is 0 Å². The van der Waals surface area contributed by atoms with Crippen LogP contribution >= 0.6 is 0 Å². The molecule has 0 spiro atoms. The molecule has 0 atom stereocenters. The number of fused-ring (bicyclic) bond motifs is 8. The quantitative estimate of drug-likeness (QED) is 0.225. The molecule has 0 radical (unpaired) electrons. The number of hydrogen-bond donors (Lipinski definition) is 0. The van der Waals surface area contributed by atoms with Gasteiger partial charge < -0.3 is 0 Å². The van der Waals surface area contributed by atoms with Gasteiger partial charge in [0.1, 0.15) is 5.65 Å². The number of hydrogen-bond acceptors (Lipinski definition) is 2. The summed E-state index contributed by atoms with van der Waals surface area (Å²) in [5, 5.41) is 3.44. The maximum absolute atomic E-state index is 5.30. The minimum absolute atomic E-state index is 0.833. The molecule has 6 aromatic carbocycles. The molecule has 0 amide bonds. The first-order chi connectivity index (χ1) is 20.8. The van der Waals surface area contributed by atoms with Crippen molar-refractivity contribution in [3.05, 3.63) is 146 Å². The second kappa shape index (κ2) is 8.88. The van der Waals surface area contributed by atoms with Crippen LogP contribution in [0, 0.1) is 0 Å². The van der Waals surface area contributed by atoms with Crippen molar-refractivity contribution in [2.75, 3.05) is 0 Å². The third-order valence-electron chi connectivity index (χ3n) is 8.33. The van der Waals surface area contributed by atoms with Crippen molar-refractivity contribution < 1.29 is 0 Å². The van der Waals surface area contributed by atoms with E-state index in [4.69, 9.17) is 9.97 Å². The van der Waals surface area contributed by atoms with Crippen molar-refractivity contribution in [3.8, 4) is 28.2 Å². The first-order valence-corrected chi connectivity index (χ1v) is 14.2. The molecule has 196 valence electrons. The average molecular weight is 537 g/mol. The van der Waals surface area contributed by atoms with Crippen LogP contribution in [0.25, 0.3) is 77.6 Å². The number of nitrogens with zero attached hydrogens (tertiary/aromatic N) is 4. The van der Waals surface area contributed by atoms with Gasteiger partial charge in [0.05, 0.1) is 27.6 Å². The van der Waals surface area contributed by atoms with Gasteiger partial charge in [-0.25, -0.2) is 9.97 Å². The van der Waals surface area contributed by atoms with Gasteiger partial charge in [-0.1, -0.05) is 109 Å². The molecule has 0 N–H and O–H groups in total. The minimum Gasteiger partial charge on any atom is -0.279 e. The first-order valence-electron chi connectivity index (χ1n) is 14.2. The highest BCUT2D eigenvalue weighted by Crippen LogP contribution is 2.36. The summed E-state index contributed by atoms with van der Waals surface area (Å²) in [4.78, 5) is 10.4. The highest BCUT2D eigenvalue weighted by atomic mass is 15.2. The van der Waals surface area contributed by atoms with E-state index in [-0.39, 0.29) is 0 Å². The van der Waals surface area contributed by atoms with Gasteiger partial charge in [0, 0.05) is 16.2 Å². The van der Waals surface area contributed by atoms with Crippen molar-refractivity contribution in [1.82, 2.24) is 18.9 Å². The highest BCUT2D eigenvalue weighted by molar-refractivity contribution is 6.10. The van der Waals surface area contributed by atoms with E-state index >= 15 is 0 Å². The molecule has 3 heterocycles. The number of para-hydroxylation sites is 4. The first kappa shape index (κ1) is 23.0. The minimum atomic E-state index is 0.833. The fraction of sp³-hybridized carbons (Fsp3) is 0. The number of aromatic nitrogens is 4. The van der Waals surface area contributed by atoms with Crippen LogP contribution in [-0.2, 0) is 0 Å². The molecule has 0 aliphatic rings. The Balaban J connectivity index is 1.34. The molecule has 0 bridgehead atoms. The van der Waals surface area contributed by atoms with Crippen molar-refractivity contribution in [1.29, 1.82) is 0 Å². The fourth-order valence-corrected chi connectivity index (χ4v) is 6.33. The van der Waals surface area contributed by atoms with Gasteiger partial charge in [0.15, 0.2) is 0 Å². The van der Waals surface area contributed by atoms with Crippen molar-refractivity contribution in [3.63, 3.8) is 0 Å². The third kappa shape index (κ3) is 3.36. The second-order valence-electron chi connectivity index (χ2n) is 10.7. The zero-order valence-electron chi connectivity index (χ0n) is 22.6. The van der Waals surface area contributed by atoms with Crippen LogP contribution in [0.1, 0.15) is 0 Å². The smallest absolute Gasteiger partial charge is 0.221 e. The van der Waals surface area contributed by atoms with Crippen molar-refractivity contribution >= 4 is 49.4 Å². The molecule has 4 heteroatoms. The molecular weight excluding hydrogens is 512 g/mol. The molecule has 9 rings (SSSR count). The van der Waals surface area contributed by atoms with Crippen LogP contribution in [0.2, 0.25) is 0 Å². The van der Waals surface area contributed by atoms with Gasteiger partial charge in [-0.15, -0.1) is 0 Å². The average Bonchev–Trinajstić information content (AvgIpc) is 3.61. The highest BCUT2D eigenvalue weighted by Gasteiger charge is 2.20. The van der Waals surface area contributed by atoms with Gasteiger partial charge in [0.25, 0.3) is 0 Å². The Labute approximate surface area is 241 Å². The summed E-state index contributed by atoms with van der Waals surface area (Å²) in [5.41, 5.74) is 10.8. The molecule has 0 aliphatic carbocycles. The number of imidazole rings is 1. The molecule has 0 saturated heterocycles. The van der Waals surface area contributed by atoms with Gasteiger partial charge >= 0.3 is 0 Å². The van der Waals surface area contributed by atoms with Crippen molar-refractivity contribution in [2.24, 2.45) is 0 Å². The van der Waals surface area contributed by atoms with E-state index in [1.165, 1.54) is 33.0 Å². The normalized spacial score (nSPS) is 11.8. The van der Waals surface area contributed by atoms with Crippen LogP contribution in [-0.4, -0.2) is 18.9 Å².